The van der Waals surface area contributed by atoms with Gasteiger partial charge < -0.3 is 15.0 Å². The predicted octanol–water partition coefficient (Wildman–Crippen LogP) is 3.81. The molecule has 27 heavy (non-hydrogen) atoms. The highest BCUT2D eigenvalue weighted by Crippen LogP contribution is 2.21. The lowest BCUT2D eigenvalue weighted by atomic mass is 10.1. The number of para-hydroxylation sites is 2. The first kappa shape index (κ1) is 18.2. The number of Topliss-reactive ketones (excluding diaryl/α,β-unsaturated/α-hetero) is 1. The summed E-state index contributed by atoms with van der Waals surface area (Å²) < 4.78 is 1.79. The van der Waals surface area contributed by atoms with Gasteiger partial charge in [-0.1, -0.05) is 42.5 Å². The molecule has 0 unspecified atom stereocenters. The van der Waals surface area contributed by atoms with Gasteiger partial charge in [0.15, 0.2) is 5.78 Å². The number of aryl methyl sites for hydroxylation is 1. The van der Waals surface area contributed by atoms with Gasteiger partial charge in [0.25, 0.3) is 0 Å². The van der Waals surface area contributed by atoms with Crippen molar-refractivity contribution in [2.75, 3.05) is 5.32 Å². The fraction of sp³-hybridized carbons (Fsp3) is 0.0909. The van der Waals surface area contributed by atoms with E-state index in [9.17, 15) is 14.7 Å². The fourth-order valence-corrected chi connectivity index (χ4v) is 2.70. The summed E-state index contributed by atoms with van der Waals surface area (Å²) in [4.78, 5) is 24.5. The van der Waals surface area contributed by atoms with Crippen LogP contribution < -0.4 is 5.32 Å². The number of carbonyl (C=O) groups excluding carboxylic acids is 2. The monoisotopic (exact) mass is 360 g/mol. The molecular formula is C22H20N2O3. The summed E-state index contributed by atoms with van der Waals surface area (Å²) >= 11 is 0. The Morgan fingerprint density at radius 2 is 1.78 bits per heavy atom. The molecule has 0 saturated carbocycles. The minimum atomic E-state index is -0.366. The molecule has 0 radical (unpaired) electrons. The molecule has 0 bridgehead atoms. The van der Waals surface area contributed by atoms with Gasteiger partial charge in [-0.2, -0.15) is 0 Å². The van der Waals surface area contributed by atoms with Gasteiger partial charge in [0.1, 0.15) is 5.75 Å². The second kappa shape index (κ2) is 8.19. The van der Waals surface area contributed by atoms with Gasteiger partial charge in [0.05, 0.1) is 5.69 Å². The average molecular weight is 360 g/mol. The van der Waals surface area contributed by atoms with Crippen LogP contribution in [0.4, 0.5) is 5.69 Å². The van der Waals surface area contributed by atoms with E-state index in [0.717, 1.165) is 11.3 Å². The number of amides is 1. The summed E-state index contributed by atoms with van der Waals surface area (Å²) in [5.74, 6) is -0.336. The highest BCUT2D eigenvalue weighted by Gasteiger charge is 2.11. The number of anilines is 1. The molecule has 0 aliphatic carbocycles. The number of phenols is 1. The summed E-state index contributed by atoms with van der Waals surface area (Å²) in [6.07, 6.45) is 5.09. The van der Waals surface area contributed by atoms with Gasteiger partial charge in [-0.15, -0.1) is 0 Å². The van der Waals surface area contributed by atoms with E-state index in [-0.39, 0.29) is 17.4 Å². The van der Waals surface area contributed by atoms with Gasteiger partial charge in [-0.3, -0.25) is 9.59 Å². The summed E-state index contributed by atoms with van der Waals surface area (Å²) in [6, 6.07) is 17.9. The molecule has 0 atom stereocenters. The van der Waals surface area contributed by atoms with Crippen molar-refractivity contribution in [3.8, 4) is 5.75 Å². The number of carbonyl (C=O) groups is 2. The maximum absolute atomic E-state index is 12.5. The number of aromatic nitrogens is 1. The zero-order chi connectivity index (χ0) is 19.2. The van der Waals surface area contributed by atoms with Gasteiger partial charge >= 0.3 is 0 Å². The molecule has 1 heterocycles. The number of phenolic OH excluding ortho intramolecular Hbond substituents is 1. The standard InChI is InChI=1S/C22H20N2O3/c1-24-15-17(21(26)13-16-7-3-2-4-8-16)14-18(24)11-12-22(27)23-19-9-5-6-10-20(19)25/h2-12,14-15,25H,13H2,1H3,(H,23,27)/b12-11+. The van der Waals surface area contributed by atoms with E-state index >= 15 is 0 Å². The minimum Gasteiger partial charge on any atom is -0.506 e. The van der Waals surface area contributed by atoms with Crippen LogP contribution in [-0.4, -0.2) is 21.4 Å². The molecule has 1 aromatic heterocycles. The van der Waals surface area contributed by atoms with Crippen LogP contribution in [0.5, 0.6) is 5.75 Å². The molecule has 0 fully saturated rings. The lowest BCUT2D eigenvalue weighted by Crippen LogP contribution is -2.07. The molecule has 2 N–H and O–H groups in total. The smallest absolute Gasteiger partial charge is 0.248 e. The van der Waals surface area contributed by atoms with Crippen molar-refractivity contribution in [3.05, 3.63) is 89.8 Å². The Labute approximate surface area is 157 Å². The van der Waals surface area contributed by atoms with Crippen LogP contribution in [0.3, 0.4) is 0 Å². The first-order chi connectivity index (χ1) is 13.0. The Balaban J connectivity index is 1.67. The van der Waals surface area contributed by atoms with Crippen LogP contribution >= 0.6 is 0 Å². The summed E-state index contributed by atoms with van der Waals surface area (Å²) in [7, 11) is 1.82. The maximum Gasteiger partial charge on any atom is 0.248 e. The molecule has 0 aliphatic heterocycles. The Bertz CT molecular complexity index is 988. The first-order valence-corrected chi connectivity index (χ1v) is 8.53. The molecule has 0 spiro atoms. The van der Waals surface area contributed by atoms with E-state index in [2.05, 4.69) is 5.32 Å². The number of rotatable bonds is 6. The zero-order valence-electron chi connectivity index (χ0n) is 14.9. The van der Waals surface area contributed by atoms with Crippen LogP contribution in [0.1, 0.15) is 21.6 Å². The van der Waals surface area contributed by atoms with Crippen molar-refractivity contribution in [3.63, 3.8) is 0 Å². The van der Waals surface area contributed by atoms with Crippen molar-refractivity contribution >= 4 is 23.5 Å². The van der Waals surface area contributed by atoms with E-state index in [1.807, 2.05) is 37.4 Å². The lowest BCUT2D eigenvalue weighted by molar-refractivity contribution is -0.111. The second-order valence-electron chi connectivity index (χ2n) is 6.19. The number of nitrogens with zero attached hydrogens (tertiary/aromatic N) is 1. The fourth-order valence-electron chi connectivity index (χ4n) is 2.70. The third-order valence-electron chi connectivity index (χ3n) is 4.14. The zero-order valence-corrected chi connectivity index (χ0v) is 14.9. The maximum atomic E-state index is 12.5. The quantitative estimate of drug-likeness (QED) is 0.399. The van der Waals surface area contributed by atoms with Crippen LogP contribution in [0.15, 0.2) is 72.9 Å². The van der Waals surface area contributed by atoms with Crippen molar-refractivity contribution in [1.82, 2.24) is 4.57 Å². The second-order valence-corrected chi connectivity index (χ2v) is 6.19. The molecule has 5 nitrogen and oxygen atoms in total. The van der Waals surface area contributed by atoms with Crippen LogP contribution in [0.2, 0.25) is 0 Å². The van der Waals surface area contributed by atoms with Gasteiger partial charge in [-0.05, 0) is 29.8 Å². The highest BCUT2D eigenvalue weighted by molar-refractivity contribution is 6.03. The summed E-state index contributed by atoms with van der Waals surface area (Å²) in [5.41, 5.74) is 2.64. The normalized spacial score (nSPS) is 10.9. The number of hydrogen-bond acceptors (Lipinski definition) is 3. The highest BCUT2D eigenvalue weighted by atomic mass is 16.3. The Morgan fingerprint density at radius 3 is 2.52 bits per heavy atom. The molecule has 2 aromatic carbocycles. The molecule has 3 aromatic rings. The minimum absolute atomic E-state index is 0.00640. The van der Waals surface area contributed by atoms with Gasteiger partial charge in [0, 0.05) is 37.0 Å². The summed E-state index contributed by atoms with van der Waals surface area (Å²) in [6.45, 7) is 0. The number of benzene rings is 2. The van der Waals surface area contributed by atoms with Crippen molar-refractivity contribution in [2.45, 2.75) is 6.42 Å². The topological polar surface area (TPSA) is 71.3 Å². The van der Waals surface area contributed by atoms with Crippen LogP contribution in [0, 0.1) is 0 Å². The number of hydrogen-bond donors (Lipinski definition) is 2. The average Bonchev–Trinajstić information content (AvgIpc) is 3.04. The van der Waals surface area contributed by atoms with Crippen LogP contribution in [-0.2, 0) is 18.3 Å². The molecular weight excluding hydrogens is 340 g/mol. The van der Waals surface area contributed by atoms with E-state index in [4.69, 9.17) is 0 Å². The first-order valence-electron chi connectivity index (χ1n) is 8.53. The molecule has 0 aliphatic rings. The van der Waals surface area contributed by atoms with Crippen molar-refractivity contribution < 1.29 is 14.7 Å². The van der Waals surface area contributed by atoms with Crippen molar-refractivity contribution in [1.29, 1.82) is 0 Å². The number of aromatic hydroxyl groups is 1. The third kappa shape index (κ3) is 4.73. The van der Waals surface area contributed by atoms with E-state index in [0.29, 0.717) is 17.7 Å². The molecule has 1 amide bonds. The van der Waals surface area contributed by atoms with E-state index < -0.39 is 0 Å². The Morgan fingerprint density at radius 1 is 1.07 bits per heavy atom. The van der Waals surface area contributed by atoms with Crippen molar-refractivity contribution in [2.24, 2.45) is 7.05 Å². The summed E-state index contributed by atoms with van der Waals surface area (Å²) in [5, 5.41) is 12.3. The van der Waals surface area contributed by atoms with Gasteiger partial charge in [-0.25, -0.2) is 0 Å². The van der Waals surface area contributed by atoms with Gasteiger partial charge in [0.2, 0.25) is 5.91 Å². The van der Waals surface area contributed by atoms with E-state index in [1.54, 1.807) is 41.1 Å². The molecule has 0 saturated heterocycles. The molecule has 3 rings (SSSR count). The predicted molar refractivity (Wildman–Crippen MR) is 106 cm³/mol. The number of ketones is 1. The lowest BCUT2D eigenvalue weighted by Gasteiger charge is -2.03. The molecule has 5 heteroatoms. The Kier molecular flexibility index (Phi) is 5.52. The SMILES string of the molecule is Cn1cc(C(=O)Cc2ccccc2)cc1/C=C/C(=O)Nc1ccccc1O. The third-order valence-corrected chi connectivity index (χ3v) is 4.14. The Hall–Kier alpha value is -3.60. The largest absolute Gasteiger partial charge is 0.506 e. The molecule has 136 valence electrons. The van der Waals surface area contributed by atoms with E-state index in [1.165, 1.54) is 12.1 Å². The van der Waals surface area contributed by atoms with Crippen LogP contribution in [0.25, 0.3) is 6.08 Å². The number of nitrogens with one attached hydrogen (secondary N) is 1.